The lowest BCUT2D eigenvalue weighted by molar-refractivity contribution is -0.135. The summed E-state index contributed by atoms with van der Waals surface area (Å²) in [7, 11) is 0. The molecular formula is C18H28N2O2S. The van der Waals surface area contributed by atoms with E-state index in [4.69, 9.17) is 0 Å². The molecule has 4 nitrogen and oxygen atoms in total. The zero-order valence-corrected chi connectivity index (χ0v) is 15.1. The lowest BCUT2D eigenvalue weighted by Crippen LogP contribution is -2.43. The number of amides is 2. The van der Waals surface area contributed by atoms with E-state index in [1.807, 2.05) is 27.3 Å². The van der Waals surface area contributed by atoms with Crippen LogP contribution < -0.4 is 0 Å². The summed E-state index contributed by atoms with van der Waals surface area (Å²) in [6, 6.07) is 4.15. The van der Waals surface area contributed by atoms with Crippen molar-refractivity contribution in [3.8, 4) is 0 Å². The smallest absolute Gasteiger partial charge is 0.228 e. The van der Waals surface area contributed by atoms with Crippen molar-refractivity contribution in [2.24, 2.45) is 0 Å². The molecule has 0 spiro atoms. The van der Waals surface area contributed by atoms with Crippen molar-refractivity contribution in [1.82, 2.24) is 9.80 Å². The number of carbonyl (C=O) groups excluding carboxylic acids is 2. The van der Waals surface area contributed by atoms with Crippen LogP contribution in [0.4, 0.5) is 0 Å². The predicted molar refractivity (Wildman–Crippen MR) is 94.5 cm³/mol. The third kappa shape index (κ3) is 5.34. The maximum absolute atomic E-state index is 12.6. The van der Waals surface area contributed by atoms with Gasteiger partial charge >= 0.3 is 0 Å². The van der Waals surface area contributed by atoms with Crippen LogP contribution >= 0.6 is 11.3 Å². The quantitative estimate of drug-likeness (QED) is 0.766. The second kappa shape index (κ2) is 9.06. The average Bonchev–Trinajstić information content (AvgIpc) is 3.08. The van der Waals surface area contributed by atoms with Crippen molar-refractivity contribution in [3.05, 3.63) is 22.4 Å². The van der Waals surface area contributed by atoms with Crippen LogP contribution in [0.15, 0.2) is 17.5 Å². The van der Waals surface area contributed by atoms with Gasteiger partial charge in [0.15, 0.2) is 0 Å². The zero-order chi connectivity index (χ0) is 16.7. The van der Waals surface area contributed by atoms with Crippen molar-refractivity contribution in [3.63, 3.8) is 0 Å². The van der Waals surface area contributed by atoms with Crippen LogP contribution in [0.1, 0.15) is 50.8 Å². The summed E-state index contributed by atoms with van der Waals surface area (Å²) in [5.41, 5.74) is 0. The van der Waals surface area contributed by atoms with Crippen LogP contribution in [-0.4, -0.2) is 47.3 Å². The Morgan fingerprint density at radius 3 is 2.65 bits per heavy atom. The third-order valence-electron chi connectivity index (χ3n) is 4.62. The second-order valence-electron chi connectivity index (χ2n) is 6.29. The fourth-order valence-electron chi connectivity index (χ4n) is 2.99. The fraction of sp³-hybridized carbons (Fsp3) is 0.667. The van der Waals surface area contributed by atoms with Crippen molar-refractivity contribution in [1.29, 1.82) is 0 Å². The molecule has 2 amide bonds. The number of thiophene rings is 1. The number of likely N-dealkylation sites (tertiary alicyclic amines) is 1. The van der Waals surface area contributed by atoms with E-state index in [-0.39, 0.29) is 17.9 Å². The van der Waals surface area contributed by atoms with Gasteiger partial charge in [0.1, 0.15) is 0 Å². The molecule has 0 bridgehead atoms. The van der Waals surface area contributed by atoms with Crippen LogP contribution in [0, 0.1) is 0 Å². The van der Waals surface area contributed by atoms with Crippen LogP contribution in [0.3, 0.4) is 0 Å². The Morgan fingerprint density at radius 2 is 2.04 bits per heavy atom. The van der Waals surface area contributed by atoms with Gasteiger partial charge in [0.25, 0.3) is 0 Å². The second-order valence-corrected chi connectivity index (χ2v) is 7.32. The number of rotatable bonds is 7. The van der Waals surface area contributed by atoms with Crippen LogP contribution in [-0.2, 0) is 16.0 Å². The zero-order valence-electron chi connectivity index (χ0n) is 14.3. The summed E-state index contributed by atoms with van der Waals surface area (Å²) >= 11 is 1.61. The normalized spacial score (nSPS) is 16.2. The van der Waals surface area contributed by atoms with Gasteiger partial charge in [0.05, 0.1) is 6.42 Å². The summed E-state index contributed by atoms with van der Waals surface area (Å²) in [4.78, 5) is 29.9. The van der Waals surface area contributed by atoms with Gasteiger partial charge in [-0.25, -0.2) is 0 Å². The standard InChI is InChI=1S/C18H28N2O2S/c1-3-15(2)20(18(22)14-16-8-7-13-23-16)12-9-17(21)19-10-5-4-6-11-19/h7-8,13,15H,3-6,9-12,14H2,1-2H3. The minimum Gasteiger partial charge on any atom is -0.343 e. The van der Waals surface area contributed by atoms with Gasteiger partial charge in [-0.3, -0.25) is 9.59 Å². The lowest BCUT2D eigenvalue weighted by atomic mass is 10.1. The van der Waals surface area contributed by atoms with Gasteiger partial charge in [-0.1, -0.05) is 13.0 Å². The van der Waals surface area contributed by atoms with Gasteiger partial charge in [0, 0.05) is 37.0 Å². The molecule has 23 heavy (non-hydrogen) atoms. The molecule has 0 saturated carbocycles. The summed E-state index contributed by atoms with van der Waals surface area (Å²) in [5, 5.41) is 2.00. The van der Waals surface area contributed by atoms with Crippen molar-refractivity contribution in [2.45, 2.75) is 58.4 Å². The third-order valence-corrected chi connectivity index (χ3v) is 5.50. The molecule has 5 heteroatoms. The minimum absolute atomic E-state index is 0.133. The van der Waals surface area contributed by atoms with Gasteiger partial charge < -0.3 is 9.80 Å². The largest absolute Gasteiger partial charge is 0.343 e. The van der Waals surface area contributed by atoms with Gasteiger partial charge in [-0.15, -0.1) is 11.3 Å². The molecular weight excluding hydrogens is 308 g/mol. The number of carbonyl (C=O) groups is 2. The van der Waals surface area contributed by atoms with E-state index < -0.39 is 0 Å². The Bertz CT molecular complexity index is 495. The van der Waals surface area contributed by atoms with Crippen molar-refractivity contribution < 1.29 is 9.59 Å². The summed E-state index contributed by atoms with van der Waals surface area (Å²) < 4.78 is 0. The number of piperidine rings is 1. The Balaban J connectivity index is 1.89. The number of nitrogens with zero attached hydrogens (tertiary/aromatic N) is 2. The molecule has 0 aliphatic carbocycles. The number of hydrogen-bond acceptors (Lipinski definition) is 3. The first-order chi connectivity index (χ1) is 11.1. The minimum atomic E-state index is 0.133. The molecule has 1 saturated heterocycles. The highest BCUT2D eigenvalue weighted by Crippen LogP contribution is 2.15. The topological polar surface area (TPSA) is 40.6 Å². The summed E-state index contributed by atoms with van der Waals surface area (Å²) in [6.45, 7) is 6.45. The summed E-state index contributed by atoms with van der Waals surface area (Å²) in [5.74, 6) is 0.329. The Hall–Kier alpha value is -1.36. The Labute approximate surface area is 143 Å². The highest BCUT2D eigenvalue weighted by atomic mass is 32.1. The van der Waals surface area contributed by atoms with E-state index in [1.165, 1.54) is 6.42 Å². The molecule has 0 radical (unpaired) electrons. The molecule has 0 N–H and O–H groups in total. The first kappa shape index (κ1) is 18.0. The molecule has 2 heterocycles. The van der Waals surface area contributed by atoms with Crippen molar-refractivity contribution >= 4 is 23.2 Å². The highest BCUT2D eigenvalue weighted by molar-refractivity contribution is 7.10. The van der Waals surface area contributed by atoms with Gasteiger partial charge in [0.2, 0.25) is 11.8 Å². The van der Waals surface area contributed by atoms with E-state index in [0.717, 1.165) is 37.2 Å². The maximum atomic E-state index is 12.6. The fourth-order valence-corrected chi connectivity index (χ4v) is 3.69. The predicted octanol–water partition coefficient (Wildman–Crippen LogP) is 3.32. The van der Waals surface area contributed by atoms with E-state index in [1.54, 1.807) is 11.3 Å². The Kier molecular flexibility index (Phi) is 7.09. The van der Waals surface area contributed by atoms with Crippen LogP contribution in [0.25, 0.3) is 0 Å². The molecule has 1 fully saturated rings. The maximum Gasteiger partial charge on any atom is 0.228 e. The first-order valence-corrected chi connectivity index (χ1v) is 9.59. The van der Waals surface area contributed by atoms with E-state index >= 15 is 0 Å². The van der Waals surface area contributed by atoms with Gasteiger partial charge in [-0.2, -0.15) is 0 Å². The van der Waals surface area contributed by atoms with E-state index in [0.29, 0.717) is 19.4 Å². The molecule has 1 aliphatic rings. The monoisotopic (exact) mass is 336 g/mol. The molecule has 1 atom stereocenters. The molecule has 128 valence electrons. The number of hydrogen-bond donors (Lipinski definition) is 0. The molecule has 2 rings (SSSR count). The molecule has 0 aromatic carbocycles. The van der Waals surface area contributed by atoms with Gasteiger partial charge in [-0.05, 0) is 44.1 Å². The van der Waals surface area contributed by atoms with E-state index in [2.05, 4.69) is 13.8 Å². The summed E-state index contributed by atoms with van der Waals surface area (Å²) in [6.07, 6.45) is 5.24. The van der Waals surface area contributed by atoms with Crippen LogP contribution in [0.5, 0.6) is 0 Å². The first-order valence-electron chi connectivity index (χ1n) is 8.71. The Morgan fingerprint density at radius 1 is 1.30 bits per heavy atom. The molecule has 1 aromatic rings. The molecule has 1 unspecified atom stereocenters. The van der Waals surface area contributed by atoms with E-state index in [9.17, 15) is 9.59 Å². The SMILES string of the molecule is CCC(C)N(CCC(=O)N1CCCCC1)C(=O)Cc1cccs1. The van der Waals surface area contributed by atoms with Crippen LogP contribution in [0.2, 0.25) is 0 Å². The lowest BCUT2D eigenvalue weighted by Gasteiger charge is -2.31. The highest BCUT2D eigenvalue weighted by Gasteiger charge is 2.22. The molecule has 1 aromatic heterocycles. The molecule has 1 aliphatic heterocycles. The van der Waals surface area contributed by atoms with Crippen molar-refractivity contribution in [2.75, 3.05) is 19.6 Å². The average molecular weight is 337 g/mol.